The van der Waals surface area contributed by atoms with Gasteiger partial charge in [0.1, 0.15) is 11.3 Å². The van der Waals surface area contributed by atoms with Crippen molar-refractivity contribution in [3.8, 4) is 0 Å². The lowest BCUT2D eigenvalue weighted by atomic mass is 9.88. The summed E-state index contributed by atoms with van der Waals surface area (Å²) in [6, 6.07) is 1.51. The molecule has 2 aromatic rings. The van der Waals surface area contributed by atoms with E-state index in [0.29, 0.717) is 17.1 Å². The van der Waals surface area contributed by atoms with Crippen LogP contribution in [0.5, 0.6) is 0 Å². The molecule has 2 fully saturated rings. The first-order valence-corrected chi connectivity index (χ1v) is 6.80. The van der Waals surface area contributed by atoms with Gasteiger partial charge in [-0.1, -0.05) is 6.42 Å². The van der Waals surface area contributed by atoms with Crippen LogP contribution >= 0.6 is 0 Å². The van der Waals surface area contributed by atoms with E-state index in [4.69, 9.17) is 0 Å². The lowest BCUT2D eigenvalue weighted by Gasteiger charge is -2.18. The molecule has 2 aliphatic carbocycles. The molecule has 3 atom stereocenters. The molecule has 5 heteroatoms. The van der Waals surface area contributed by atoms with Gasteiger partial charge in [0.05, 0.1) is 5.56 Å². The average molecular weight is 257 g/mol. The van der Waals surface area contributed by atoms with Crippen LogP contribution in [0.1, 0.15) is 47.8 Å². The zero-order valence-electron chi connectivity index (χ0n) is 10.5. The molecule has 2 heterocycles. The molecule has 0 aliphatic heterocycles. The lowest BCUT2D eigenvalue weighted by Crippen LogP contribution is -2.09. The number of hydrogen-bond donors (Lipinski definition) is 2. The summed E-state index contributed by atoms with van der Waals surface area (Å²) in [5, 5.41) is 9.18. The number of imidazole rings is 1. The number of aromatic amines is 1. The van der Waals surface area contributed by atoms with Gasteiger partial charge in [-0.2, -0.15) is 0 Å². The van der Waals surface area contributed by atoms with E-state index in [-0.39, 0.29) is 5.56 Å². The third-order valence-electron chi connectivity index (χ3n) is 4.72. The van der Waals surface area contributed by atoms with Crippen molar-refractivity contribution in [3.05, 3.63) is 23.7 Å². The van der Waals surface area contributed by atoms with E-state index in [9.17, 15) is 9.90 Å². The number of aromatic nitrogens is 3. The monoisotopic (exact) mass is 257 g/mol. The molecule has 2 saturated carbocycles. The number of H-pyrrole nitrogens is 1. The summed E-state index contributed by atoms with van der Waals surface area (Å²) >= 11 is 0. The predicted molar refractivity (Wildman–Crippen MR) is 69.0 cm³/mol. The molecule has 98 valence electrons. The number of carboxylic acid groups (broad SMARTS) is 1. The second-order valence-corrected chi connectivity index (χ2v) is 5.76. The second-order valence-electron chi connectivity index (χ2n) is 5.76. The van der Waals surface area contributed by atoms with Crippen LogP contribution in [0.3, 0.4) is 0 Å². The van der Waals surface area contributed by atoms with Crippen molar-refractivity contribution in [2.45, 2.75) is 31.6 Å². The van der Waals surface area contributed by atoms with E-state index in [0.717, 1.165) is 17.7 Å². The van der Waals surface area contributed by atoms with E-state index in [1.807, 2.05) is 0 Å². The number of fused-ring (bicyclic) bond motifs is 3. The van der Waals surface area contributed by atoms with E-state index in [1.54, 1.807) is 0 Å². The van der Waals surface area contributed by atoms with Gasteiger partial charge in [-0.3, -0.25) is 0 Å². The molecule has 0 saturated heterocycles. The summed E-state index contributed by atoms with van der Waals surface area (Å²) in [6.45, 7) is 0. The van der Waals surface area contributed by atoms with Gasteiger partial charge in [0.2, 0.25) is 0 Å². The van der Waals surface area contributed by atoms with Gasteiger partial charge in [0.25, 0.3) is 0 Å². The Morgan fingerprint density at radius 1 is 1.37 bits per heavy atom. The number of rotatable bonds is 2. The molecule has 0 amide bonds. The van der Waals surface area contributed by atoms with Gasteiger partial charge in [-0.25, -0.2) is 14.8 Å². The summed E-state index contributed by atoms with van der Waals surface area (Å²) in [7, 11) is 0. The van der Waals surface area contributed by atoms with Crippen molar-refractivity contribution < 1.29 is 9.90 Å². The molecule has 19 heavy (non-hydrogen) atoms. The molecule has 5 nitrogen and oxygen atoms in total. The summed E-state index contributed by atoms with van der Waals surface area (Å²) in [5.74, 6) is 2.02. The number of nitrogens with zero attached hydrogens (tertiary/aromatic N) is 2. The number of hydrogen-bond acceptors (Lipinski definition) is 3. The topological polar surface area (TPSA) is 78.9 Å². The van der Waals surface area contributed by atoms with Crippen LogP contribution in [0.2, 0.25) is 0 Å². The van der Waals surface area contributed by atoms with E-state index >= 15 is 0 Å². The van der Waals surface area contributed by atoms with Crippen LogP contribution in [0.15, 0.2) is 12.3 Å². The highest BCUT2D eigenvalue weighted by Crippen LogP contribution is 2.52. The number of nitrogens with one attached hydrogen (secondary N) is 1. The maximum atomic E-state index is 11.2. The SMILES string of the molecule is O=C(O)c1ccnc2[nH]c(C3CC4CCC3C4)nc12. The Balaban J connectivity index is 1.80. The van der Waals surface area contributed by atoms with Gasteiger partial charge >= 0.3 is 5.97 Å². The predicted octanol–water partition coefficient (Wildman–Crippen LogP) is 2.56. The van der Waals surface area contributed by atoms with Crippen molar-refractivity contribution >= 4 is 17.1 Å². The molecular weight excluding hydrogens is 242 g/mol. The Morgan fingerprint density at radius 3 is 2.95 bits per heavy atom. The van der Waals surface area contributed by atoms with Crippen molar-refractivity contribution in [2.75, 3.05) is 0 Å². The molecule has 2 N–H and O–H groups in total. The maximum absolute atomic E-state index is 11.2. The minimum atomic E-state index is -0.946. The Hall–Kier alpha value is -1.91. The van der Waals surface area contributed by atoms with Crippen molar-refractivity contribution in [3.63, 3.8) is 0 Å². The third-order valence-corrected chi connectivity index (χ3v) is 4.72. The van der Waals surface area contributed by atoms with Gasteiger partial charge < -0.3 is 10.1 Å². The highest BCUT2D eigenvalue weighted by atomic mass is 16.4. The smallest absolute Gasteiger partial charge is 0.338 e. The first kappa shape index (κ1) is 11.0. The minimum absolute atomic E-state index is 0.232. The number of pyridine rings is 1. The number of aromatic carboxylic acids is 1. The van der Waals surface area contributed by atoms with Gasteiger partial charge in [-0.05, 0) is 37.2 Å². The van der Waals surface area contributed by atoms with Gasteiger partial charge in [0.15, 0.2) is 5.65 Å². The highest BCUT2D eigenvalue weighted by Gasteiger charge is 2.41. The van der Waals surface area contributed by atoms with Gasteiger partial charge in [0, 0.05) is 12.1 Å². The molecule has 0 radical (unpaired) electrons. The van der Waals surface area contributed by atoms with Gasteiger partial charge in [-0.15, -0.1) is 0 Å². The Bertz CT molecular complexity index is 664. The van der Waals surface area contributed by atoms with Crippen molar-refractivity contribution in [1.82, 2.24) is 15.0 Å². The fourth-order valence-corrected chi connectivity index (χ4v) is 3.86. The fraction of sp³-hybridized carbons (Fsp3) is 0.500. The summed E-state index contributed by atoms with van der Waals surface area (Å²) < 4.78 is 0. The zero-order chi connectivity index (χ0) is 13.0. The fourth-order valence-electron chi connectivity index (χ4n) is 3.86. The van der Waals surface area contributed by atoms with Crippen LogP contribution in [0, 0.1) is 11.8 Å². The van der Waals surface area contributed by atoms with Crippen LogP contribution in [0.25, 0.3) is 11.2 Å². The Labute approximate surface area is 110 Å². The molecule has 2 bridgehead atoms. The molecule has 0 aromatic carbocycles. The average Bonchev–Trinajstić information content (AvgIpc) is 3.11. The first-order valence-electron chi connectivity index (χ1n) is 6.80. The first-order chi connectivity index (χ1) is 9.22. The van der Waals surface area contributed by atoms with Crippen LogP contribution in [-0.4, -0.2) is 26.0 Å². The van der Waals surface area contributed by atoms with Crippen LogP contribution < -0.4 is 0 Å². The zero-order valence-corrected chi connectivity index (χ0v) is 10.5. The summed E-state index contributed by atoms with van der Waals surface area (Å²) in [6.07, 6.45) is 6.65. The molecule has 4 rings (SSSR count). The Morgan fingerprint density at radius 2 is 2.26 bits per heavy atom. The third kappa shape index (κ3) is 1.57. The Kier molecular flexibility index (Phi) is 2.19. The quantitative estimate of drug-likeness (QED) is 0.866. The number of carboxylic acids is 1. The normalized spacial score (nSPS) is 29.2. The van der Waals surface area contributed by atoms with E-state index in [2.05, 4.69) is 15.0 Å². The lowest BCUT2D eigenvalue weighted by molar-refractivity contribution is 0.0698. The van der Waals surface area contributed by atoms with Crippen LogP contribution in [-0.2, 0) is 0 Å². The van der Waals surface area contributed by atoms with E-state index < -0.39 is 5.97 Å². The standard InChI is InChI=1S/C14H15N3O2/c18-14(19)9-3-4-15-13-11(9)16-12(17-13)10-6-7-1-2-8(10)5-7/h3-4,7-8,10H,1-2,5-6H2,(H,18,19)(H,15,16,17). The molecule has 3 unspecified atom stereocenters. The van der Waals surface area contributed by atoms with Crippen LogP contribution in [0.4, 0.5) is 0 Å². The van der Waals surface area contributed by atoms with Crippen molar-refractivity contribution in [1.29, 1.82) is 0 Å². The second kappa shape index (κ2) is 3.79. The highest BCUT2D eigenvalue weighted by molar-refractivity contribution is 5.99. The maximum Gasteiger partial charge on any atom is 0.338 e. The number of carbonyl (C=O) groups is 1. The largest absolute Gasteiger partial charge is 0.478 e. The molecule has 2 aromatic heterocycles. The molecule has 2 aliphatic rings. The van der Waals surface area contributed by atoms with Crippen molar-refractivity contribution in [2.24, 2.45) is 11.8 Å². The summed E-state index contributed by atoms with van der Waals surface area (Å²) in [5.41, 5.74) is 1.32. The minimum Gasteiger partial charge on any atom is -0.478 e. The summed E-state index contributed by atoms with van der Waals surface area (Å²) in [4.78, 5) is 23.2. The van der Waals surface area contributed by atoms with E-state index in [1.165, 1.54) is 37.9 Å². The molecule has 0 spiro atoms. The molecular formula is C14H15N3O2.